The molecule has 3 rings (SSSR count). The van der Waals surface area contributed by atoms with Gasteiger partial charge in [-0.2, -0.15) is 29.8 Å². The number of hydrogen-bond acceptors (Lipinski definition) is 4. The summed E-state index contributed by atoms with van der Waals surface area (Å²) in [4.78, 5) is 0. The van der Waals surface area contributed by atoms with Crippen LogP contribution in [0.4, 0.5) is 0 Å². The predicted molar refractivity (Wildman–Crippen MR) is 106 cm³/mol. The molecule has 10 heteroatoms. The molecule has 3 aliphatic rings. The fraction of sp³-hybridized carbons (Fsp3) is 1.00. The molecule has 0 radical (unpaired) electrons. The van der Waals surface area contributed by atoms with E-state index in [1.807, 2.05) is 0 Å². The zero-order chi connectivity index (χ0) is 19.7. The molecule has 0 aromatic rings. The third-order valence-electron chi connectivity index (χ3n) is 5.77. The molecule has 0 amide bonds. The Morgan fingerprint density at radius 3 is 2.00 bits per heavy atom. The van der Waals surface area contributed by atoms with Gasteiger partial charge in [0, 0.05) is 45.3 Å². The van der Waals surface area contributed by atoms with Gasteiger partial charge in [-0.25, -0.2) is 4.72 Å². The summed E-state index contributed by atoms with van der Waals surface area (Å²) in [5, 5.41) is 0. The lowest BCUT2D eigenvalue weighted by molar-refractivity contribution is 0.255. The first-order chi connectivity index (χ1) is 12.7. The maximum atomic E-state index is 13.1. The van der Waals surface area contributed by atoms with Gasteiger partial charge < -0.3 is 0 Å². The van der Waals surface area contributed by atoms with Crippen LogP contribution in [0.1, 0.15) is 52.4 Å². The molecule has 1 saturated carbocycles. The number of nitrogens with zero attached hydrogens (tertiary/aromatic N) is 3. The second-order valence-electron chi connectivity index (χ2n) is 8.46. The van der Waals surface area contributed by atoms with E-state index in [1.54, 1.807) is 4.31 Å². The van der Waals surface area contributed by atoms with Crippen LogP contribution in [0.2, 0.25) is 0 Å². The molecule has 0 aromatic heterocycles. The van der Waals surface area contributed by atoms with Gasteiger partial charge in [0.25, 0.3) is 20.4 Å². The fourth-order valence-corrected chi connectivity index (χ4v) is 7.45. The van der Waals surface area contributed by atoms with Gasteiger partial charge in [-0.15, -0.1) is 0 Å². The van der Waals surface area contributed by atoms with Crippen LogP contribution >= 0.6 is 0 Å². The van der Waals surface area contributed by atoms with Gasteiger partial charge in [0.15, 0.2) is 0 Å². The Bertz CT molecular complexity index is 708. The molecule has 0 aromatic carbocycles. The zero-order valence-corrected chi connectivity index (χ0v) is 18.1. The molecule has 8 nitrogen and oxygen atoms in total. The Kier molecular flexibility index (Phi) is 6.85. The average molecular weight is 423 g/mol. The highest BCUT2D eigenvalue weighted by atomic mass is 32.2. The molecule has 0 spiro atoms. The molecule has 2 atom stereocenters. The highest BCUT2D eigenvalue weighted by Crippen LogP contribution is 2.31. The van der Waals surface area contributed by atoms with Crippen LogP contribution in [0.5, 0.6) is 0 Å². The smallest absolute Gasteiger partial charge is 0.201 e. The molecule has 2 heterocycles. The van der Waals surface area contributed by atoms with Crippen LogP contribution < -0.4 is 4.72 Å². The van der Waals surface area contributed by atoms with Crippen molar-refractivity contribution in [2.24, 2.45) is 11.8 Å². The van der Waals surface area contributed by atoms with E-state index in [2.05, 4.69) is 18.6 Å². The van der Waals surface area contributed by atoms with E-state index in [9.17, 15) is 16.8 Å². The first kappa shape index (κ1) is 21.4. The molecule has 2 aliphatic heterocycles. The number of piperidine rings is 2. The van der Waals surface area contributed by atoms with E-state index in [4.69, 9.17) is 0 Å². The Morgan fingerprint density at radius 1 is 0.889 bits per heavy atom. The summed E-state index contributed by atoms with van der Waals surface area (Å²) in [5.74, 6) is 0.730. The van der Waals surface area contributed by atoms with Crippen molar-refractivity contribution in [2.45, 2.75) is 58.4 Å². The second-order valence-corrected chi connectivity index (χ2v) is 12.1. The van der Waals surface area contributed by atoms with Crippen LogP contribution in [0.25, 0.3) is 0 Å². The van der Waals surface area contributed by atoms with Crippen LogP contribution in [0.3, 0.4) is 0 Å². The van der Waals surface area contributed by atoms with Crippen LogP contribution in [-0.2, 0) is 20.4 Å². The van der Waals surface area contributed by atoms with E-state index in [-0.39, 0.29) is 19.1 Å². The van der Waals surface area contributed by atoms with Crippen molar-refractivity contribution in [3.05, 3.63) is 0 Å². The largest absolute Gasteiger partial charge is 0.282 e. The number of hydrogen-bond donors (Lipinski definition) is 1. The quantitative estimate of drug-likeness (QED) is 0.632. The zero-order valence-electron chi connectivity index (χ0n) is 16.5. The Balaban J connectivity index is 1.58. The van der Waals surface area contributed by atoms with Crippen molar-refractivity contribution in [3.8, 4) is 0 Å². The van der Waals surface area contributed by atoms with Gasteiger partial charge in [-0.1, -0.05) is 13.8 Å². The van der Waals surface area contributed by atoms with Crippen molar-refractivity contribution in [1.29, 1.82) is 0 Å². The van der Waals surface area contributed by atoms with Crippen LogP contribution in [-0.4, -0.2) is 75.1 Å². The maximum absolute atomic E-state index is 13.1. The van der Waals surface area contributed by atoms with Crippen molar-refractivity contribution in [1.82, 2.24) is 17.6 Å². The van der Waals surface area contributed by atoms with Crippen LogP contribution in [0.15, 0.2) is 0 Å². The number of rotatable bonds is 8. The van der Waals surface area contributed by atoms with E-state index in [0.29, 0.717) is 38.0 Å². The lowest BCUT2D eigenvalue weighted by atomic mass is 10.0. The predicted octanol–water partition coefficient (Wildman–Crippen LogP) is 0.994. The first-order valence-corrected chi connectivity index (χ1v) is 13.1. The molecular weight excluding hydrogens is 388 g/mol. The van der Waals surface area contributed by atoms with E-state index in [1.165, 1.54) is 8.61 Å². The average Bonchev–Trinajstić information content (AvgIpc) is 3.43. The molecule has 2 saturated heterocycles. The molecule has 158 valence electrons. The Labute approximate surface area is 164 Å². The normalized spacial score (nSPS) is 29.3. The first-order valence-electron chi connectivity index (χ1n) is 10.2. The third kappa shape index (κ3) is 5.42. The topological polar surface area (TPSA) is 90.0 Å². The van der Waals surface area contributed by atoms with Gasteiger partial charge in [0.2, 0.25) is 0 Å². The lowest BCUT2D eigenvalue weighted by Gasteiger charge is -2.35. The lowest BCUT2D eigenvalue weighted by Crippen LogP contribution is -2.51. The van der Waals surface area contributed by atoms with E-state index < -0.39 is 20.4 Å². The molecule has 27 heavy (non-hydrogen) atoms. The number of nitrogens with one attached hydrogen (secondary N) is 1. The minimum atomic E-state index is -3.55. The molecule has 1 aliphatic carbocycles. The standard InChI is InChI=1S/C17H34N4O4S2/c1-15-5-3-10-19(13-15)26(22,23)18-9-12-21(17-7-8-17)27(24,25)20-11-4-6-16(2)14-20/h15-18H,3-14H2,1-2H3. The molecule has 0 bridgehead atoms. The highest BCUT2D eigenvalue weighted by molar-refractivity contribution is 7.87. The van der Waals surface area contributed by atoms with E-state index in [0.717, 1.165) is 38.5 Å². The summed E-state index contributed by atoms with van der Waals surface area (Å²) in [5.41, 5.74) is 0. The summed E-state index contributed by atoms with van der Waals surface area (Å²) < 4.78 is 58.4. The molecule has 1 N–H and O–H groups in total. The molecule has 2 unspecified atom stereocenters. The maximum Gasteiger partial charge on any atom is 0.282 e. The summed E-state index contributed by atoms with van der Waals surface area (Å²) in [6.07, 6.45) is 5.59. The summed E-state index contributed by atoms with van der Waals surface area (Å²) >= 11 is 0. The van der Waals surface area contributed by atoms with Gasteiger partial charge >= 0.3 is 0 Å². The van der Waals surface area contributed by atoms with Crippen molar-refractivity contribution in [2.75, 3.05) is 39.3 Å². The van der Waals surface area contributed by atoms with Gasteiger partial charge in [0.1, 0.15) is 0 Å². The van der Waals surface area contributed by atoms with Crippen LogP contribution in [0, 0.1) is 11.8 Å². The van der Waals surface area contributed by atoms with E-state index >= 15 is 0 Å². The van der Waals surface area contributed by atoms with Gasteiger partial charge in [0.05, 0.1) is 0 Å². The SMILES string of the molecule is CC1CCCN(S(=O)(=O)NCCN(C2CC2)S(=O)(=O)N2CCCC(C)C2)C1. The van der Waals surface area contributed by atoms with Gasteiger partial charge in [-0.05, 0) is 50.4 Å². The highest BCUT2D eigenvalue weighted by Gasteiger charge is 2.41. The minimum Gasteiger partial charge on any atom is -0.201 e. The molecule has 3 fully saturated rings. The summed E-state index contributed by atoms with van der Waals surface area (Å²) in [7, 11) is -7.08. The fourth-order valence-electron chi connectivity index (χ4n) is 4.09. The van der Waals surface area contributed by atoms with Crippen molar-refractivity contribution >= 4 is 20.4 Å². The minimum absolute atomic E-state index is 0.0201. The van der Waals surface area contributed by atoms with Crippen molar-refractivity contribution in [3.63, 3.8) is 0 Å². The Hall–Kier alpha value is -0.260. The molecular formula is C17H34N4O4S2. The Morgan fingerprint density at radius 2 is 1.44 bits per heavy atom. The summed E-state index contributed by atoms with van der Waals surface area (Å²) in [6, 6.07) is 0.0201. The monoisotopic (exact) mass is 422 g/mol. The van der Waals surface area contributed by atoms with Crippen molar-refractivity contribution < 1.29 is 16.8 Å². The second kappa shape index (κ2) is 8.62. The third-order valence-corrected chi connectivity index (χ3v) is 9.41. The van der Waals surface area contributed by atoms with Gasteiger partial charge in [-0.3, -0.25) is 0 Å². The summed E-state index contributed by atoms with van der Waals surface area (Å²) in [6.45, 7) is 6.64.